The normalized spacial score (nSPS) is 12.2. The number of nitrogens with one attached hydrogen (secondary N) is 1. The first kappa shape index (κ1) is 13.6. The van der Waals surface area contributed by atoms with Gasteiger partial charge in [0.2, 0.25) is 0 Å². The maximum atomic E-state index is 3.62. The van der Waals surface area contributed by atoms with Gasteiger partial charge in [0, 0.05) is 20.7 Å². The fourth-order valence-corrected chi connectivity index (χ4v) is 2.65. The Morgan fingerprint density at radius 1 is 1.06 bits per heavy atom. The van der Waals surface area contributed by atoms with Gasteiger partial charge in [-0.15, -0.1) is 0 Å². The summed E-state index contributed by atoms with van der Waals surface area (Å²) in [5.41, 5.74) is 3.63. The molecule has 1 nitrogen and oxygen atoms in total. The highest BCUT2D eigenvalue weighted by Gasteiger charge is 2.08. The van der Waals surface area contributed by atoms with Crippen LogP contribution in [0.3, 0.4) is 0 Å². The first-order chi connectivity index (χ1) is 8.58. The Hall–Kier alpha value is -0.800. The highest BCUT2D eigenvalue weighted by Crippen LogP contribution is 2.29. The van der Waals surface area contributed by atoms with Gasteiger partial charge >= 0.3 is 0 Å². The Labute approximate surface area is 125 Å². The molecule has 0 heterocycles. The van der Waals surface area contributed by atoms with Gasteiger partial charge in [0.25, 0.3) is 0 Å². The summed E-state index contributed by atoms with van der Waals surface area (Å²) in [5.74, 6) is 0. The predicted octanol–water partition coefficient (Wildman–Crippen LogP) is 5.69. The molecule has 1 unspecified atom stereocenters. The summed E-state index contributed by atoms with van der Waals surface area (Å²) in [4.78, 5) is 0. The Morgan fingerprint density at radius 2 is 1.78 bits per heavy atom. The lowest BCUT2D eigenvalue weighted by atomic mass is 10.1. The smallest absolute Gasteiger partial charge is 0.0492 e. The van der Waals surface area contributed by atoms with Crippen molar-refractivity contribution in [2.75, 3.05) is 5.32 Å². The summed E-state index contributed by atoms with van der Waals surface area (Å²) in [5, 5.41) is 3.53. The summed E-state index contributed by atoms with van der Waals surface area (Å²) in [6.07, 6.45) is 0. The van der Waals surface area contributed by atoms with Gasteiger partial charge in [-0.1, -0.05) is 40.2 Å². The lowest BCUT2D eigenvalue weighted by Crippen LogP contribution is -2.07. The standard InChI is InChI=1S/C15H15Br2N/c1-10-5-3-8-14(15(10)17)18-11(2)12-6-4-7-13(16)9-12/h3-9,11,18H,1-2H3. The summed E-state index contributed by atoms with van der Waals surface area (Å²) >= 11 is 7.13. The van der Waals surface area contributed by atoms with Gasteiger partial charge in [-0.2, -0.15) is 0 Å². The van der Waals surface area contributed by atoms with Crippen LogP contribution in [0.5, 0.6) is 0 Å². The van der Waals surface area contributed by atoms with Gasteiger partial charge in [0.15, 0.2) is 0 Å². The van der Waals surface area contributed by atoms with E-state index in [0.717, 1.165) is 14.6 Å². The molecule has 0 fully saturated rings. The van der Waals surface area contributed by atoms with Crippen LogP contribution < -0.4 is 5.32 Å². The third-order valence-corrected chi connectivity index (χ3v) is 4.46. The van der Waals surface area contributed by atoms with Gasteiger partial charge in [0.1, 0.15) is 0 Å². The third kappa shape index (κ3) is 3.15. The van der Waals surface area contributed by atoms with Crippen LogP contribution in [0, 0.1) is 6.92 Å². The average Bonchev–Trinajstić information content (AvgIpc) is 2.35. The van der Waals surface area contributed by atoms with E-state index in [1.807, 2.05) is 6.07 Å². The molecule has 0 saturated heterocycles. The molecule has 2 aromatic carbocycles. The highest BCUT2D eigenvalue weighted by atomic mass is 79.9. The quantitative estimate of drug-likeness (QED) is 0.733. The molecule has 0 aromatic heterocycles. The molecular weight excluding hydrogens is 354 g/mol. The average molecular weight is 369 g/mol. The molecule has 0 bridgehead atoms. The fourth-order valence-electron chi connectivity index (χ4n) is 1.85. The Balaban J connectivity index is 2.21. The Bertz CT molecular complexity index is 552. The first-order valence-electron chi connectivity index (χ1n) is 5.85. The van der Waals surface area contributed by atoms with Crippen LogP contribution in [0.15, 0.2) is 51.4 Å². The van der Waals surface area contributed by atoms with E-state index in [-0.39, 0.29) is 6.04 Å². The van der Waals surface area contributed by atoms with E-state index >= 15 is 0 Å². The van der Waals surface area contributed by atoms with Crippen molar-refractivity contribution in [3.63, 3.8) is 0 Å². The first-order valence-corrected chi connectivity index (χ1v) is 7.43. The van der Waals surface area contributed by atoms with Crippen molar-refractivity contribution in [2.24, 2.45) is 0 Å². The topological polar surface area (TPSA) is 12.0 Å². The minimum absolute atomic E-state index is 0.264. The molecule has 2 rings (SSSR count). The Morgan fingerprint density at radius 3 is 2.50 bits per heavy atom. The molecule has 0 spiro atoms. The number of hydrogen-bond acceptors (Lipinski definition) is 1. The van der Waals surface area contributed by atoms with Crippen molar-refractivity contribution in [3.8, 4) is 0 Å². The zero-order chi connectivity index (χ0) is 13.1. The van der Waals surface area contributed by atoms with Crippen LogP contribution in [0.4, 0.5) is 5.69 Å². The molecule has 1 N–H and O–H groups in total. The van der Waals surface area contributed by atoms with Crippen LogP contribution in [0.2, 0.25) is 0 Å². The lowest BCUT2D eigenvalue weighted by Gasteiger charge is -2.18. The second-order valence-corrected chi connectivity index (χ2v) is 6.07. The van der Waals surface area contributed by atoms with Gasteiger partial charge in [-0.25, -0.2) is 0 Å². The monoisotopic (exact) mass is 367 g/mol. The molecule has 2 aromatic rings. The maximum Gasteiger partial charge on any atom is 0.0492 e. The van der Waals surface area contributed by atoms with Crippen LogP contribution >= 0.6 is 31.9 Å². The molecular formula is C15H15Br2N. The number of benzene rings is 2. The van der Waals surface area contributed by atoms with Crippen molar-refractivity contribution in [1.82, 2.24) is 0 Å². The van der Waals surface area contributed by atoms with Crippen LogP contribution in [-0.2, 0) is 0 Å². The fraction of sp³-hybridized carbons (Fsp3) is 0.200. The third-order valence-electron chi connectivity index (χ3n) is 2.91. The van der Waals surface area contributed by atoms with E-state index in [0.29, 0.717) is 0 Å². The summed E-state index contributed by atoms with van der Waals surface area (Å²) in [7, 11) is 0. The van der Waals surface area contributed by atoms with Gasteiger partial charge in [-0.05, 0) is 59.1 Å². The molecule has 94 valence electrons. The molecule has 3 heteroatoms. The lowest BCUT2D eigenvalue weighted by molar-refractivity contribution is 0.882. The van der Waals surface area contributed by atoms with Gasteiger partial charge in [-0.3, -0.25) is 0 Å². The van der Waals surface area contributed by atoms with Crippen molar-refractivity contribution < 1.29 is 0 Å². The molecule has 18 heavy (non-hydrogen) atoms. The van der Waals surface area contributed by atoms with Crippen LogP contribution in [0.25, 0.3) is 0 Å². The summed E-state index contributed by atoms with van der Waals surface area (Å²) in [6, 6.07) is 14.9. The van der Waals surface area contributed by atoms with Crippen LogP contribution in [0.1, 0.15) is 24.1 Å². The van der Waals surface area contributed by atoms with Crippen molar-refractivity contribution in [1.29, 1.82) is 0 Å². The molecule has 1 atom stereocenters. The number of hydrogen-bond donors (Lipinski definition) is 1. The summed E-state index contributed by atoms with van der Waals surface area (Å²) in [6.45, 7) is 4.26. The van der Waals surface area contributed by atoms with Crippen molar-refractivity contribution >= 4 is 37.5 Å². The maximum absolute atomic E-state index is 3.62. The zero-order valence-corrected chi connectivity index (χ0v) is 13.5. The summed E-state index contributed by atoms with van der Waals surface area (Å²) < 4.78 is 2.24. The molecule has 0 aliphatic heterocycles. The minimum atomic E-state index is 0.264. The van der Waals surface area contributed by atoms with E-state index in [1.165, 1.54) is 11.1 Å². The number of anilines is 1. The Kier molecular flexibility index (Phi) is 4.46. The highest BCUT2D eigenvalue weighted by molar-refractivity contribution is 9.11. The van der Waals surface area contributed by atoms with E-state index < -0.39 is 0 Å². The van der Waals surface area contributed by atoms with E-state index in [4.69, 9.17) is 0 Å². The van der Waals surface area contributed by atoms with Gasteiger partial charge < -0.3 is 5.32 Å². The van der Waals surface area contributed by atoms with E-state index in [2.05, 4.69) is 87.4 Å². The van der Waals surface area contributed by atoms with Crippen LogP contribution in [-0.4, -0.2) is 0 Å². The number of aryl methyl sites for hydroxylation is 1. The second-order valence-electron chi connectivity index (χ2n) is 4.36. The number of rotatable bonds is 3. The van der Waals surface area contributed by atoms with E-state index in [1.54, 1.807) is 0 Å². The molecule has 0 aliphatic carbocycles. The molecule has 0 radical (unpaired) electrons. The van der Waals surface area contributed by atoms with E-state index in [9.17, 15) is 0 Å². The molecule has 0 aliphatic rings. The second kappa shape index (κ2) is 5.89. The molecule has 0 amide bonds. The zero-order valence-electron chi connectivity index (χ0n) is 10.4. The largest absolute Gasteiger partial charge is 0.378 e. The van der Waals surface area contributed by atoms with Crippen molar-refractivity contribution in [2.45, 2.75) is 19.9 Å². The molecule has 0 saturated carbocycles. The predicted molar refractivity (Wildman–Crippen MR) is 85.1 cm³/mol. The number of halogens is 2. The SMILES string of the molecule is Cc1cccc(NC(C)c2cccc(Br)c2)c1Br. The van der Waals surface area contributed by atoms with Crippen molar-refractivity contribution in [3.05, 3.63) is 62.5 Å². The van der Waals surface area contributed by atoms with Gasteiger partial charge in [0.05, 0.1) is 0 Å². The minimum Gasteiger partial charge on any atom is -0.378 e.